The summed E-state index contributed by atoms with van der Waals surface area (Å²) in [7, 11) is 0. The van der Waals surface area contributed by atoms with E-state index in [1.54, 1.807) is 31.2 Å². The molecule has 2 aromatic rings. The van der Waals surface area contributed by atoms with Crippen molar-refractivity contribution in [1.29, 1.82) is 0 Å². The van der Waals surface area contributed by atoms with Crippen molar-refractivity contribution in [1.82, 2.24) is 0 Å². The average molecular weight is 367 g/mol. The van der Waals surface area contributed by atoms with Crippen LogP contribution in [0.1, 0.15) is 34.0 Å². The molecule has 4 rings (SSSR count). The van der Waals surface area contributed by atoms with Gasteiger partial charge in [-0.1, -0.05) is 0 Å². The Balaban J connectivity index is 1.49. The monoisotopic (exact) mass is 367 g/mol. The molecule has 2 aromatic carbocycles. The number of benzene rings is 2. The van der Waals surface area contributed by atoms with E-state index in [-0.39, 0.29) is 18.3 Å². The highest BCUT2D eigenvalue weighted by molar-refractivity contribution is 5.94. The fourth-order valence-electron chi connectivity index (χ4n) is 3.54. The Morgan fingerprint density at radius 2 is 1.89 bits per heavy atom. The third-order valence-corrected chi connectivity index (χ3v) is 4.78. The van der Waals surface area contributed by atoms with Crippen molar-refractivity contribution < 1.29 is 23.8 Å². The Hall–Kier alpha value is -3.02. The van der Waals surface area contributed by atoms with Crippen LogP contribution in [0.3, 0.4) is 0 Å². The van der Waals surface area contributed by atoms with Crippen molar-refractivity contribution in [2.45, 2.75) is 26.2 Å². The predicted octanol–water partition coefficient (Wildman–Crippen LogP) is 2.91. The number of carbonyl (C=O) groups excluding carboxylic acids is 2. The van der Waals surface area contributed by atoms with Crippen LogP contribution in [0.4, 0.5) is 5.69 Å². The quantitative estimate of drug-likeness (QED) is 0.823. The molecule has 6 nitrogen and oxygen atoms in total. The highest BCUT2D eigenvalue weighted by atomic mass is 16.5. The molecule has 2 aliphatic rings. The van der Waals surface area contributed by atoms with Gasteiger partial charge in [-0.25, -0.2) is 4.79 Å². The SMILES string of the molecule is CCOC(=O)c1ccc(NC(=O)Cc2c3c(cc4c2OCC4)OCC3)cc1. The summed E-state index contributed by atoms with van der Waals surface area (Å²) >= 11 is 0. The minimum Gasteiger partial charge on any atom is -0.493 e. The van der Waals surface area contributed by atoms with Crippen molar-refractivity contribution in [3.63, 3.8) is 0 Å². The van der Waals surface area contributed by atoms with E-state index >= 15 is 0 Å². The summed E-state index contributed by atoms with van der Waals surface area (Å²) in [5.74, 6) is 1.22. The molecule has 0 saturated carbocycles. The van der Waals surface area contributed by atoms with Gasteiger partial charge in [0.15, 0.2) is 0 Å². The van der Waals surface area contributed by atoms with Gasteiger partial charge in [0.05, 0.1) is 31.8 Å². The van der Waals surface area contributed by atoms with Gasteiger partial charge < -0.3 is 19.5 Å². The van der Waals surface area contributed by atoms with E-state index in [1.807, 2.05) is 6.07 Å². The van der Waals surface area contributed by atoms with E-state index in [0.717, 1.165) is 41.0 Å². The number of amides is 1. The Morgan fingerprint density at radius 3 is 2.67 bits per heavy atom. The van der Waals surface area contributed by atoms with Crippen molar-refractivity contribution in [3.8, 4) is 11.5 Å². The molecule has 140 valence electrons. The first-order valence-corrected chi connectivity index (χ1v) is 9.16. The maximum Gasteiger partial charge on any atom is 0.338 e. The Morgan fingerprint density at radius 1 is 1.11 bits per heavy atom. The Labute approximate surface area is 157 Å². The van der Waals surface area contributed by atoms with Gasteiger partial charge in [0.2, 0.25) is 5.91 Å². The lowest BCUT2D eigenvalue weighted by Crippen LogP contribution is -2.16. The molecular formula is C21H21NO5. The smallest absolute Gasteiger partial charge is 0.338 e. The third kappa shape index (κ3) is 3.47. The number of anilines is 1. The second-order valence-electron chi connectivity index (χ2n) is 6.54. The van der Waals surface area contributed by atoms with Crippen LogP contribution in [0.25, 0.3) is 0 Å². The van der Waals surface area contributed by atoms with E-state index in [2.05, 4.69) is 5.32 Å². The number of rotatable bonds is 5. The molecule has 0 spiro atoms. The lowest BCUT2D eigenvalue weighted by atomic mass is 9.97. The summed E-state index contributed by atoms with van der Waals surface area (Å²) in [4.78, 5) is 24.3. The number of nitrogens with one attached hydrogen (secondary N) is 1. The highest BCUT2D eigenvalue weighted by Gasteiger charge is 2.27. The van der Waals surface area contributed by atoms with E-state index in [9.17, 15) is 9.59 Å². The number of ether oxygens (including phenoxy) is 3. The summed E-state index contributed by atoms with van der Waals surface area (Å²) in [5.41, 5.74) is 4.20. The lowest BCUT2D eigenvalue weighted by molar-refractivity contribution is -0.115. The molecule has 0 aliphatic carbocycles. The zero-order valence-electron chi connectivity index (χ0n) is 15.2. The highest BCUT2D eigenvalue weighted by Crippen LogP contribution is 2.40. The van der Waals surface area contributed by atoms with E-state index in [1.165, 1.54) is 0 Å². The van der Waals surface area contributed by atoms with Gasteiger partial charge in [-0.3, -0.25) is 4.79 Å². The second kappa shape index (κ2) is 7.31. The van der Waals surface area contributed by atoms with Crippen LogP contribution >= 0.6 is 0 Å². The molecule has 0 fully saturated rings. The van der Waals surface area contributed by atoms with Gasteiger partial charge in [-0.15, -0.1) is 0 Å². The number of esters is 1. The van der Waals surface area contributed by atoms with Crippen molar-refractivity contribution >= 4 is 17.6 Å². The second-order valence-corrected chi connectivity index (χ2v) is 6.54. The molecule has 2 aliphatic heterocycles. The van der Waals surface area contributed by atoms with Crippen molar-refractivity contribution in [3.05, 3.63) is 52.6 Å². The number of hydrogen-bond acceptors (Lipinski definition) is 5. The van der Waals surface area contributed by atoms with Gasteiger partial charge in [0.25, 0.3) is 0 Å². The predicted molar refractivity (Wildman–Crippen MR) is 99.6 cm³/mol. The molecule has 6 heteroatoms. The van der Waals surface area contributed by atoms with Crippen LogP contribution in [0.5, 0.6) is 11.5 Å². The number of hydrogen-bond donors (Lipinski definition) is 1. The third-order valence-electron chi connectivity index (χ3n) is 4.78. The molecule has 0 saturated heterocycles. The van der Waals surface area contributed by atoms with Crippen molar-refractivity contribution in [2.75, 3.05) is 25.1 Å². The fraction of sp³-hybridized carbons (Fsp3) is 0.333. The molecular weight excluding hydrogens is 346 g/mol. The first-order valence-electron chi connectivity index (χ1n) is 9.16. The standard InChI is InChI=1S/C21H21NO5/c1-2-25-21(24)13-3-5-15(6-4-13)22-19(23)12-17-16-8-10-26-18(16)11-14-7-9-27-20(14)17/h3-6,11H,2,7-10,12H2,1H3,(H,22,23). The summed E-state index contributed by atoms with van der Waals surface area (Å²) in [6.45, 7) is 3.37. The zero-order chi connectivity index (χ0) is 18.8. The van der Waals surface area contributed by atoms with Crippen LogP contribution in [-0.4, -0.2) is 31.7 Å². The molecule has 2 heterocycles. The molecule has 0 unspecified atom stereocenters. The Kier molecular flexibility index (Phi) is 4.71. The van der Waals surface area contributed by atoms with Gasteiger partial charge in [-0.05, 0) is 37.3 Å². The summed E-state index contributed by atoms with van der Waals surface area (Å²) < 4.78 is 16.4. The van der Waals surface area contributed by atoms with Gasteiger partial charge in [-0.2, -0.15) is 0 Å². The molecule has 0 atom stereocenters. The van der Waals surface area contributed by atoms with Crippen LogP contribution in [-0.2, 0) is 28.8 Å². The molecule has 27 heavy (non-hydrogen) atoms. The van der Waals surface area contributed by atoms with Crippen LogP contribution in [0.2, 0.25) is 0 Å². The van der Waals surface area contributed by atoms with Crippen molar-refractivity contribution in [2.24, 2.45) is 0 Å². The largest absolute Gasteiger partial charge is 0.493 e. The molecule has 0 bridgehead atoms. The minimum atomic E-state index is -0.372. The number of carbonyl (C=O) groups is 2. The Bertz CT molecular complexity index is 856. The maximum absolute atomic E-state index is 12.6. The van der Waals surface area contributed by atoms with Crippen LogP contribution in [0.15, 0.2) is 30.3 Å². The topological polar surface area (TPSA) is 73.9 Å². The van der Waals surface area contributed by atoms with E-state index < -0.39 is 0 Å². The molecule has 0 radical (unpaired) electrons. The minimum absolute atomic E-state index is 0.128. The first kappa shape index (κ1) is 17.4. The van der Waals surface area contributed by atoms with Crippen LogP contribution in [0, 0.1) is 0 Å². The van der Waals surface area contributed by atoms with Crippen LogP contribution < -0.4 is 14.8 Å². The van der Waals surface area contributed by atoms with E-state index in [4.69, 9.17) is 14.2 Å². The summed E-state index contributed by atoms with van der Waals surface area (Å²) in [6.07, 6.45) is 1.87. The normalized spacial score (nSPS) is 14.0. The van der Waals surface area contributed by atoms with E-state index in [0.29, 0.717) is 31.1 Å². The maximum atomic E-state index is 12.6. The molecule has 0 aromatic heterocycles. The summed E-state index contributed by atoms with van der Waals surface area (Å²) in [5, 5.41) is 2.88. The van der Waals surface area contributed by atoms with Gasteiger partial charge in [0, 0.05) is 35.2 Å². The zero-order valence-corrected chi connectivity index (χ0v) is 15.2. The molecule has 1 amide bonds. The number of fused-ring (bicyclic) bond motifs is 2. The summed E-state index contributed by atoms with van der Waals surface area (Å²) in [6, 6.07) is 8.72. The van der Waals surface area contributed by atoms with Gasteiger partial charge in [0.1, 0.15) is 11.5 Å². The lowest BCUT2D eigenvalue weighted by Gasteiger charge is -2.13. The average Bonchev–Trinajstić information content (AvgIpc) is 3.31. The molecule has 1 N–H and O–H groups in total. The van der Waals surface area contributed by atoms with Gasteiger partial charge >= 0.3 is 5.97 Å². The first-order chi connectivity index (χ1) is 13.2. The fourth-order valence-corrected chi connectivity index (χ4v) is 3.54.